The summed E-state index contributed by atoms with van der Waals surface area (Å²) in [6.07, 6.45) is 4.32. The van der Waals surface area contributed by atoms with Gasteiger partial charge in [0.1, 0.15) is 0 Å². The van der Waals surface area contributed by atoms with Crippen LogP contribution in [0.3, 0.4) is 0 Å². The third-order valence-electron chi connectivity index (χ3n) is 5.03. The molecule has 29 heavy (non-hydrogen) atoms. The molecule has 2 heterocycles. The number of ether oxygens (including phenoxy) is 1. The summed E-state index contributed by atoms with van der Waals surface area (Å²) in [5.41, 5.74) is 5.58. The van der Waals surface area contributed by atoms with Crippen molar-refractivity contribution in [3.63, 3.8) is 0 Å². The lowest BCUT2D eigenvalue weighted by atomic mass is 10.1. The normalized spacial score (nSPS) is 17.5. The Morgan fingerprint density at radius 1 is 1.21 bits per heavy atom. The van der Waals surface area contributed by atoms with E-state index in [1.165, 1.54) is 11.1 Å². The molecule has 0 saturated carbocycles. The molecule has 1 unspecified atom stereocenters. The van der Waals surface area contributed by atoms with Crippen LogP contribution in [0.5, 0.6) is 0 Å². The Kier molecular flexibility index (Phi) is 6.28. The summed E-state index contributed by atoms with van der Waals surface area (Å²) in [7, 11) is 0. The van der Waals surface area contributed by atoms with Gasteiger partial charge in [0.05, 0.1) is 24.6 Å². The van der Waals surface area contributed by atoms with E-state index in [1.54, 1.807) is 11.3 Å². The molecule has 1 aromatic heterocycles. The van der Waals surface area contributed by atoms with E-state index in [0.29, 0.717) is 6.54 Å². The van der Waals surface area contributed by atoms with E-state index in [-0.39, 0.29) is 6.10 Å². The first kappa shape index (κ1) is 20.1. The lowest BCUT2D eigenvalue weighted by Gasteiger charge is -2.06. The van der Waals surface area contributed by atoms with Crippen molar-refractivity contribution >= 4 is 29.2 Å². The minimum Gasteiger partial charge on any atom is -0.376 e. The highest BCUT2D eigenvalue weighted by Gasteiger charge is 2.15. The first-order valence-corrected chi connectivity index (χ1v) is 11.1. The van der Waals surface area contributed by atoms with E-state index in [4.69, 9.17) is 26.4 Å². The zero-order valence-electron chi connectivity index (χ0n) is 16.6. The summed E-state index contributed by atoms with van der Waals surface area (Å²) < 4.78 is 7.65. The van der Waals surface area contributed by atoms with E-state index in [9.17, 15) is 0 Å². The zero-order chi connectivity index (χ0) is 20.2. The first-order chi connectivity index (χ1) is 14.1. The molecule has 4 rings (SSSR count). The molecule has 0 radical (unpaired) electrons. The lowest BCUT2D eigenvalue weighted by Crippen LogP contribution is -2.17. The van der Waals surface area contributed by atoms with Gasteiger partial charge in [-0.15, -0.1) is 11.3 Å². The summed E-state index contributed by atoms with van der Waals surface area (Å²) in [4.78, 5) is 5.69. The Balaban J connectivity index is 1.74. The molecule has 0 spiro atoms. The van der Waals surface area contributed by atoms with Crippen molar-refractivity contribution in [1.29, 1.82) is 0 Å². The molecule has 0 amide bonds. The second kappa shape index (κ2) is 9.08. The molecular weight excluding hydrogens is 402 g/mol. The van der Waals surface area contributed by atoms with Crippen LogP contribution in [0.2, 0.25) is 5.02 Å². The molecule has 0 bridgehead atoms. The lowest BCUT2D eigenvalue weighted by molar-refractivity contribution is 0.117. The van der Waals surface area contributed by atoms with Crippen molar-refractivity contribution in [2.24, 2.45) is 10.1 Å². The number of nitrogens with zero attached hydrogens (tertiary/aromatic N) is 3. The Hall–Kier alpha value is -2.21. The fourth-order valence-corrected chi connectivity index (χ4v) is 4.30. The van der Waals surface area contributed by atoms with Gasteiger partial charge in [0, 0.05) is 22.6 Å². The standard InChI is InChI=1S/C23H24ClN3OS/c1-16-5-6-17(2)19(12-16)13-26-27-22(18-7-9-20(24)10-8-18)15-29-23(27)25-14-21-4-3-11-28-21/h5-10,12-13,15,21H,3-4,11,14H2,1-2H3. The van der Waals surface area contributed by atoms with Gasteiger partial charge in [0.15, 0.2) is 0 Å². The molecule has 4 nitrogen and oxygen atoms in total. The van der Waals surface area contributed by atoms with E-state index in [1.807, 2.05) is 35.2 Å². The minimum atomic E-state index is 0.215. The van der Waals surface area contributed by atoms with Crippen LogP contribution in [0.25, 0.3) is 11.3 Å². The second-order valence-corrected chi connectivity index (χ2v) is 8.58. The molecule has 1 atom stereocenters. The quantitative estimate of drug-likeness (QED) is 0.501. The van der Waals surface area contributed by atoms with E-state index < -0.39 is 0 Å². The Bertz CT molecular complexity index is 1080. The van der Waals surface area contributed by atoms with Gasteiger partial charge in [0.2, 0.25) is 4.80 Å². The summed E-state index contributed by atoms with van der Waals surface area (Å²) in [5.74, 6) is 0. The number of rotatable bonds is 5. The average molecular weight is 426 g/mol. The van der Waals surface area contributed by atoms with Gasteiger partial charge in [-0.2, -0.15) is 5.10 Å². The summed E-state index contributed by atoms with van der Waals surface area (Å²) in [5, 5.41) is 7.63. The van der Waals surface area contributed by atoms with Gasteiger partial charge in [-0.05, 0) is 49.9 Å². The smallest absolute Gasteiger partial charge is 0.206 e. The Morgan fingerprint density at radius 2 is 2.03 bits per heavy atom. The van der Waals surface area contributed by atoms with Crippen molar-refractivity contribution in [2.45, 2.75) is 32.8 Å². The number of thiazole rings is 1. The van der Waals surface area contributed by atoms with Crippen LogP contribution >= 0.6 is 22.9 Å². The summed E-state index contributed by atoms with van der Waals surface area (Å²) in [6, 6.07) is 14.2. The third-order valence-corrected chi connectivity index (χ3v) is 6.13. The molecule has 1 aliphatic heterocycles. The molecule has 6 heteroatoms. The van der Waals surface area contributed by atoms with E-state index >= 15 is 0 Å². The van der Waals surface area contributed by atoms with Crippen molar-refractivity contribution in [2.75, 3.05) is 13.2 Å². The fraction of sp³-hybridized carbons (Fsp3) is 0.304. The van der Waals surface area contributed by atoms with Crippen molar-refractivity contribution < 1.29 is 4.74 Å². The molecular formula is C23H24ClN3OS. The van der Waals surface area contributed by atoms with Crippen molar-refractivity contribution in [3.8, 4) is 11.3 Å². The third kappa shape index (κ3) is 4.86. The van der Waals surface area contributed by atoms with E-state index in [0.717, 1.165) is 46.1 Å². The van der Waals surface area contributed by atoms with Gasteiger partial charge in [0.25, 0.3) is 0 Å². The summed E-state index contributed by atoms with van der Waals surface area (Å²) in [6.45, 7) is 5.70. The van der Waals surface area contributed by atoms with Crippen LogP contribution in [0.1, 0.15) is 29.5 Å². The van der Waals surface area contributed by atoms with Gasteiger partial charge < -0.3 is 4.74 Å². The maximum atomic E-state index is 6.07. The number of aromatic nitrogens is 1. The number of halogens is 1. The molecule has 150 valence electrons. The van der Waals surface area contributed by atoms with Crippen LogP contribution in [-0.2, 0) is 4.74 Å². The maximum Gasteiger partial charge on any atom is 0.206 e. The Morgan fingerprint density at radius 3 is 2.79 bits per heavy atom. The van der Waals surface area contributed by atoms with Crippen LogP contribution in [0.15, 0.2) is 57.9 Å². The number of benzene rings is 2. The zero-order valence-corrected chi connectivity index (χ0v) is 18.2. The largest absolute Gasteiger partial charge is 0.376 e. The second-order valence-electron chi connectivity index (χ2n) is 7.30. The van der Waals surface area contributed by atoms with Crippen LogP contribution in [0, 0.1) is 13.8 Å². The molecule has 1 aliphatic rings. The van der Waals surface area contributed by atoms with Crippen LogP contribution < -0.4 is 4.80 Å². The van der Waals surface area contributed by atoms with Gasteiger partial charge in [-0.1, -0.05) is 47.5 Å². The van der Waals surface area contributed by atoms with Crippen LogP contribution in [0.4, 0.5) is 0 Å². The highest BCUT2D eigenvalue weighted by molar-refractivity contribution is 7.07. The average Bonchev–Trinajstić information content (AvgIpc) is 3.37. The van der Waals surface area contributed by atoms with Crippen molar-refractivity contribution in [1.82, 2.24) is 4.68 Å². The predicted molar refractivity (Wildman–Crippen MR) is 121 cm³/mol. The van der Waals surface area contributed by atoms with Crippen molar-refractivity contribution in [3.05, 3.63) is 74.4 Å². The molecule has 1 saturated heterocycles. The number of hydrogen-bond acceptors (Lipinski definition) is 4. The SMILES string of the molecule is Cc1ccc(C)c(C=Nn2c(-c3ccc(Cl)cc3)csc2=NCC2CCCO2)c1. The molecule has 0 aliphatic carbocycles. The predicted octanol–water partition coefficient (Wildman–Crippen LogP) is 5.45. The highest BCUT2D eigenvalue weighted by atomic mass is 35.5. The number of aryl methyl sites for hydroxylation is 2. The topological polar surface area (TPSA) is 38.9 Å². The van der Waals surface area contributed by atoms with Crippen LogP contribution in [-0.4, -0.2) is 30.1 Å². The van der Waals surface area contributed by atoms with Gasteiger partial charge in [-0.25, -0.2) is 4.68 Å². The molecule has 1 fully saturated rings. The Labute approximate surface area is 180 Å². The van der Waals surface area contributed by atoms with Gasteiger partial charge in [-0.3, -0.25) is 4.99 Å². The highest BCUT2D eigenvalue weighted by Crippen LogP contribution is 2.22. The fourth-order valence-electron chi connectivity index (χ4n) is 3.33. The number of hydrogen-bond donors (Lipinski definition) is 0. The molecule has 2 aromatic carbocycles. The van der Waals surface area contributed by atoms with E-state index in [2.05, 4.69) is 37.4 Å². The van der Waals surface area contributed by atoms with Gasteiger partial charge >= 0.3 is 0 Å². The molecule has 0 N–H and O–H groups in total. The monoisotopic (exact) mass is 425 g/mol. The molecule has 3 aromatic rings. The minimum absolute atomic E-state index is 0.215. The first-order valence-electron chi connectivity index (χ1n) is 9.80. The summed E-state index contributed by atoms with van der Waals surface area (Å²) >= 11 is 7.67. The maximum absolute atomic E-state index is 6.07.